The Morgan fingerprint density at radius 3 is 2.65 bits per heavy atom. The lowest BCUT2D eigenvalue weighted by Crippen LogP contribution is -2.41. The number of carbonyl (C=O) groups excluding carboxylic acids is 2. The highest BCUT2D eigenvalue weighted by molar-refractivity contribution is 6.47. The number of rotatable bonds is 9. The highest BCUT2D eigenvalue weighted by Crippen LogP contribution is 2.37. The standard InChI is InChI=1S/C23H29BN4O6/c1-28(2)12-15-7-6-13(9-19(15)27-22(30)18(26)11-25)20(29)10-16-8-14-4-3-5-17(23(31)32)21(14)34-24(16)33/h3-7,9,16,18,33H,8,10-12,25-26H2,1-2H3,(H,27,30)(H,31,32)/t16-,18+/m1/s1. The molecule has 0 spiro atoms. The second-order valence-electron chi connectivity index (χ2n) is 8.64. The van der Waals surface area contributed by atoms with Crippen molar-refractivity contribution in [3.63, 3.8) is 0 Å². The molecule has 1 aliphatic rings. The molecule has 0 fully saturated rings. The van der Waals surface area contributed by atoms with Crippen LogP contribution >= 0.6 is 0 Å². The second-order valence-corrected chi connectivity index (χ2v) is 8.64. The number of amides is 1. The molecule has 34 heavy (non-hydrogen) atoms. The fraction of sp³-hybridized carbons (Fsp3) is 0.348. The molecule has 0 aliphatic carbocycles. The van der Waals surface area contributed by atoms with Crippen molar-refractivity contribution in [3.05, 3.63) is 58.7 Å². The third-order valence-corrected chi connectivity index (χ3v) is 5.67. The highest BCUT2D eigenvalue weighted by Gasteiger charge is 2.38. The number of carboxylic acid groups (broad SMARTS) is 1. The molecule has 2 atom stereocenters. The van der Waals surface area contributed by atoms with Gasteiger partial charge in [0.2, 0.25) is 5.91 Å². The monoisotopic (exact) mass is 468 g/mol. The topological polar surface area (TPSA) is 168 Å². The van der Waals surface area contributed by atoms with Crippen LogP contribution in [-0.2, 0) is 17.8 Å². The average molecular weight is 468 g/mol. The Morgan fingerprint density at radius 2 is 2.00 bits per heavy atom. The third-order valence-electron chi connectivity index (χ3n) is 5.67. The number of hydrogen-bond acceptors (Lipinski definition) is 8. The fourth-order valence-electron chi connectivity index (χ4n) is 3.86. The molecule has 2 aromatic carbocycles. The fourth-order valence-corrected chi connectivity index (χ4v) is 3.86. The van der Waals surface area contributed by atoms with E-state index in [9.17, 15) is 24.5 Å². The molecule has 0 bridgehead atoms. The summed E-state index contributed by atoms with van der Waals surface area (Å²) in [5.41, 5.74) is 13.4. The normalized spacial score (nSPS) is 15.9. The maximum absolute atomic E-state index is 13.1. The number of anilines is 1. The summed E-state index contributed by atoms with van der Waals surface area (Å²) in [6.07, 6.45) is 0.262. The van der Waals surface area contributed by atoms with Gasteiger partial charge in [0.1, 0.15) is 5.75 Å². The predicted octanol–water partition coefficient (Wildman–Crippen LogP) is 0.730. The lowest BCUT2D eigenvalue weighted by Gasteiger charge is -2.28. The first-order valence-corrected chi connectivity index (χ1v) is 10.9. The van der Waals surface area contributed by atoms with E-state index >= 15 is 0 Å². The van der Waals surface area contributed by atoms with Gasteiger partial charge >= 0.3 is 13.1 Å². The summed E-state index contributed by atoms with van der Waals surface area (Å²) in [6.45, 7) is 0.512. The van der Waals surface area contributed by atoms with E-state index in [2.05, 4.69) is 5.32 Å². The first-order chi connectivity index (χ1) is 16.1. The van der Waals surface area contributed by atoms with Crippen molar-refractivity contribution in [2.24, 2.45) is 11.5 Å². The second kappa shape index (κ2) is 10.8. The number of fused-ring (bicyclic) bond motifs is 1. The molecule has 1 heterocycles. The number of aromatic carboxylic acids is 1. The molecule has 1 aliphatic heterocycles. The van der Waals surface area contributed by atoms with Crippen LogP contribution < -0.4 is 21.4 Å². The zero-order valence-corrected chi connectivity index (χ0v) is 19.2. The van der Waals surface area contributed by atoms with E-state index in [4.69, 9.17) is 16.1 Å². The van der Waals surface area contributed by atoms with Crippen molar-refractivity contribution in [3.8, 4) is 5.75 Å². The number of benzene rings is 2. The quantitative estimate of drug-likeness (QED) is 0.263. The van der Waals surface area contributed by atoms with Crippen LogP contribution in [0.2, 0.25) is 5.82 Å². The van der Waals surface area contributed by atoms with Crippen LogP contribution in [0.4, 0.5) is 5.69 Å². The van der Waals surface area contributed by atoms with E-state index in [1.54, 1.807) is 30.3 Å². The van der Waals surface area contributed by atoms with Gasteiger partial charge in [-0.25, -0.2) is 4.79 Å². The van der Waals surface area contributed by atoms with Crippen LogP contribution in [-0.4, -0.2) is 66.5 Å². The van der Waals surface area contributed by atoms with Crippen molar-refractivity contribution < 1.29 is 29.2 Å². The zero-order chi connectivity index (χ0) is 25.0. The van der Waals surface area contributed by atoms with Crippen LogP contribution in [0.25, 0.3) is 0 Å². The van der Waals surface area contributed by atoms with Gasteiger partial charge in [-0.15, -0.1) is 0 Å². The van der Waals surface area contributed by atoms with Crippen LogP contribution in [0.3, 0.4) is 0 Å². The Hall–Kier alpha value is -3.25. The maximum atomic E-state index is 13.1. The maximum Gasteiger partial charge on any atom is 0.526 e. The molecule has 0 aromatic heterocycles. The van der Waals surface area contributed by atoms with Crippen molar-refractivity contribution in [1.29, 1.82) is 0 Å². The zero-order valence-electron chi connectivity index (χ0n) is 19.2. The number of ketones is 1. The molecule has 3 rings (SSSR count). The number of nitrogens with zero attached hydrogens (tertiary/aromatic N) is 1. The Bertz CT molecular complexity index is 1090. The van der Waals surface area contributed by atoms with Crippen LogP contribution in [0.5, 0.6) is 5.75 Å². The SMILES string of the molecule is CN(C)Cc1ccc(C(=O)C[C@H]2Cc3cccc(C(=O)O)c3OB2O)cc1NC(=O)[C@@H](N)CN. The number of nitrogens with two attached hydrogens (primary N) is 2. The summed E-state index contributed by atoms with van der Waals surface area (Å²) in [4.78, 5) is 38.7. The summed E-state index contributed by atoms with van der Waals surface area (Å²) < 4.78 is 5.49. The number of carboxylic acids is 1. The summed E-state index contributed by atoms with van der Waals surface area (Å²) in [6, 6.07) is 8.88. The molecule has 1 amide bonds. The molecule has 0 saturated carbocycles. The number of nitrogens with one attached hydrogen (secondary N) is 1. The van der Waals surface area contributed by atoms with Crippen LogP contribution in [0.1, 0.15) is 38.3 Å². The predicted molar refractivity (Wildman–Crippen MR) is 128 cm³/mol. The van der Waals surface area contributed by atoms with Gasteiger partial charge < -0.3 is 36.5 Å². The van der Waals surface area contributed by atoms with E-state index in [1.165, 1.54) is 6.07 Å². The van der Waals surface area contributed by atoms with Gasteiger partial charge in [0, 0.05) is 36.6 Å². The van der Waals surface area contributed by atoms with E-state index in [0.29, 0.717) is 23.4 Å². The average Bonchev–Trinajstić information content (AvgIpc) is 2.79. The Morgan fingerprint density at radius 1 is 1.26 bits per heavy atom. The van der Waals surface area contributed by atoms with Crippen LogP contribution in [0.15, 0.2) is 36.4 Å². The van der Waals surface area contributed by atoms with Gasteiger partial charge in [0.25, 0.3) is 0 Å². The first kappa shape index (κ1) is 25.4. The highest BCUT2D eigenvalue weighted by atomic mass is 16.5. The van der Waals surface area contributed by atoms with E-state index in [0.717, 1.165) is 5.56 Å². The molecule has 0 unspecified atom stereocenters. The Balaban J connectivity index is 1.81. The summed E-state index contributed by atoms with van der Waals surface area (Å²) in [5, 5.41) is 22.6. The van der Waals surface area contributed by atoms with Crippen molar-refractivity contribution in [1.82, 2.24) is 4.90 Å². The molecular weight excluding hydrogens is 439 g/mol. The molecule has 0 radical (unpaired) electrons. The number of Topliss-reactive ketones (excluding diaryl/α,β-unsaturated/α-hetero) is 1. The minimum Gasteiger partial charge on any atom is -0.535 e. The molecule has 10 nitrogen and oxygen atoms in total. The number of hydrogen-bond donors (Lipinski definition) is 5. The largest absolute Gasteiger partial charge is 0.535 e. The van der Waals surface area contributed by atoms with E-state index in [-0.39, 0.29) is 36.5 Å². The molecule has 2 aromatic rings. The van der Waals surface area contributed by atoms with Gasteiger partial charge in [0.05, 0.1) is 11.6 Å². The first-order valence-electron chi connectivity index (χ1n) is 10.9. The van der Waals surface area contributed by atoms with Crippen molar-refractivity contribution >= 4 is 30.5 Å². The lowest BCUT2D eigenvalue weighted by molar-refractivity contribution is -0.117. The van der Waals surface area contributed by atoms with Gasteiger partial charge in [-0.1, -0.05) is 24.3 Å². The third kappa shape index (κ3) is 5.81. The molecule has 180 valence electrons. The van der Waals surface area contributed by atoms with Gasteiger partial charge in [-0.2, -0.15) is 0 Å². The number of para-hydroxylation sites is 1. The smallest absolute Gasteiger partial charge is 0.526 e. The van der Waals surface area contributed by atoms with Gasteiger partial charge in [-0.05, 0) is 43.8 Å². The van der Waals surface area contributed by atoms with Gasteiger partial charge in [-0.3, -0.25) is 9.59 Å². The van der Waals surface area contributed by atoms with E-state index < -0.39 is 30.9 Å². The minimum absolute atomic E-state index is 0.0158. The lowest BCUT2D eigenvalue weighted by atomic mass is 9.64. The molecular formula is C23H29BN4O6. The van der Waals surface area contributed by atoms with Crippen molar-refractivity contribution in [2.45, 2.75) is 31.2 Å². The van der Waals surface area contributed by atoms with Crippen LogP contribution in [0, 0.1) is 0 Å². The molecule has 7 N–H and O–H groups in total. The minimum atomic E-state index is -1.33. The molecule has 0 saturated heterocycles. The Kier molecular flexibility index (Phi) is 8.05. The summed E-state index contributed by atoms with van der Waals surface area (Å²) >= 11 is 0. The van der Waals surface area contributed by atoms with Crippen molar-refractivity contribution in [2.75, 3.05) is 26.0 Å². The summed E-state index contributed by atoms with van der Waals surface area (Å²) in [7, 11) is 2.44. The molecule has 11 heteroatoms. The van der Waals surface area contributed by atoms with E-state index in [1.807, 2.05) is 19.0 Å². The number of carbonyl (C=O) groups is 3. The summed E-state index contributed by atoms with van der Waals surface area (Å²) in [5.74, 6) is -2.29. The Labute approximate surface area is 198 Å². The van der Waals surface area contributed by atoms with Gasteiger partial charge in [0.15, 0.2) is 5.78 Å².